The van der Waals surface area contributed by atoms with E-state index in [1.807, 2.05) is 0 Å². The summed E-state index contributed by atoms with van der Waals surface area (Å²) >= 11 is 0. The monoisotopic (exact) mass is 289 g/mol. The highest BCUT2D eigenvalue weighted by Gasteiger charge is 2.16. The van der Waals surface area contributed by atoms with Crippen LogP contribution in [0.4, 0.5) is 5.82 Å². The van der Waals surface area contributed by atoms with Crippen LogP contribution in [0.1, 0.15) is 10.4 Å². The van der Waals surface area contributed by atoms with Gasteiger partial charge in [0, 0.05) is 0 Å². The summed E-state index contributed by atoms with van der Waals surface area (Å²) in [4.78, 5) is 20.2. The van der Waals surface area contributed by atoms with Crippen molar-refractivity contribution >= 4 is 11.7 Å². The molecular weight excluding hydrogens is 274 g/mol. The van der Waals surface area contributed by atoms with Gasteiger partial charge in [-0.2, -0.15) is 0 Å². The van der Waals surface area contributed by atoms with Gasteiger partial charge in [0.25, 0.3) is 5.91 Å². The first-order chi connectivity index (χ1) is 10.2. The second-order valence-electron chi connectivity index (χ2n) is 3.96. The van der Waals surface area contributed by atoms with Crippen LogP contribution in [0, 0.1) is 0 Å². The van der Waals surface area contributed by atoms with E-state index in [4.69, 9.17) is 14.2 Å². The number of hydrogen-bond acceptors (Lipinski definition) is 6. The Hall–Kier alpha value is -2.83. The van der Waals surface area contributed by atoms with Crippen molar-refractivity contribution < 1.29 is 19.0 Å². The van der Waals surface area contributed by atoms with E-state index in [-0.39, 0.29) is 11.7 Å². The predicted molar refractivity (Wildman–Crippen MR) is 76.1 cm³/mol. The SMILES string of the molecule is COc1ccc(OC)c(C(=O)Nc2ncncc2OC)c1. The molecule has 1 aromatic heterocycles. The molecule has 2 rings (SSSR count). The Morgan fingerprint density at radius 1 is 1.10 bits per heavy atom. The first kappa shape index (κ1) is 14.6. The Labute approximate surface area is 121 Å². The van der Waals surface area contributed by atoms with E-state index in [2.05, 4.69) is 15.3 Å². The van der Waals surface area contributed by atoms with Crippen LogP contribution in [0.5, 0.6) is 17.2 Å². The van der Waals surface area contributed by atoms with E-state index in [9.17, 15) is 4.79 Å². The van der Waals surface area contributed by atoms with Crippen molar-refractivity contribution in [2.24, 2.45) is 0 Å². The Balaban J connectivity index is 2.31. The number of benzene rings is 1. The summed E-state index contributed by atoms with van der Waals surface area (Å²) in [6, 6.07) is 4.95. The molecule has 7 nitrogen and oxygen atoms in total. The van der Waals surface area contributed by atoms with E-state index in [1.165, 1.54) is 33.9 Å². The first-order valence-electron chi connectivity index (χ1n) is 6.07. The fraction of sp³-hybridized carbons (Fsp3) is 0.214. The summed E-state index contributed by atoms with van der Waals surface area (Å²) in [5.41, 5.74) is 0.331. The number of nitrogens with zero attached hydrogens (tertiary/aromatic N) is 2. The average molecular weight is 289 g/mol. The molecule has 0 fully saturated rings. The number of hydrogen-bond donors (Lipinski definition) is 1. The maximum absolute atomic E-state index is 12.4. The molecular formula is C14H15N3O4. The van der Waals surface area contributed by atoms with Crippen LogP contribution in [0.2, 0.25) is 0 Å². The highest BCUT2D eigenvalue weighted by Crippen LogP contribution is 2.26. The topological polar surface area (TPSA) is 82.6 Å². The molecule has 0 aliphatic carbocycles. The normalized spacial score (nSPS) is 9.86. The molecule has 2 aromatic rings. The summed E-state index contributed by atoms with van der Waals surface area (Å²) in [7, 11) is 4.49. The van der Waals surface area contributed by atoms with Gasteiger partial charge in [0.2, 0.25) is 0 Å². The van der Waals surface area contributed by atoms with E-state index in [1.54, 1.807) is 18.2 Å². The zero-order chi connectivity index (χ0) is 15.2. The minimum atomic E-state index is -0.386. The maximum atomic E-state index is 12.4. The molecule has 1 heterocycles. The van der Waals surface area contributed by atoms with Crippen LogP contribution in [0.15, 0.2) is 30.7 Å². The summed E-state index contributed by atoms with van der Waals surface area (Å²) in [5.74, 6) is 1.25. The third-order valence-electron chi connectivity index (χ3n) is 2.78. The lowest BCUT2D eigenvalue weighted by Crippen LogP contribution is -2.15. The number of methoxy groups -OCH3 is 3. The molecule has 0 radical (unpaired) electrons. The van der Waals surface area contributed by atoms with Gasteiger partial charge in [-0.25, -0.2) is 9.97 Å². The Bertz CT molecular complexity index is 646. The zero-order valence-electron chi connectivity index (χ0n) is 11.9. The van der Waals surface area contributed by atoms with Crippen molar-refractivity contribution in [1.82, 2.24) is 9.97 Å². The molecule has 0 unspecified atom stereocenters. The Morgan fingerprint density at radius 2 is 1.86 bits per heavy atom. The van der Waals surface area contributed by atoms with E-state index >= 15 is 0 Å². The number of carbonyl (C=O) groups excluding carboxylic acids is 1. The van der Waals surface area contributed by atoms with E-state index in [0.717, 1.165) is 0 Å². The lowest BCUT2D eigenvalue weighted by atomic mass is 10.1. The number of amides is 1. The number of carbonyl (C=O) groups is 1. The van der Waals surface area contributed by atoms with Crippen LogP contribution in [0.25, 0.3) is 0 Å². The van der Waals surface area contributed by atoms with Crippen LogP contribution in [-0.2, 0) is 0 Å². The summed E-state index contributed by atoms with van der Waals surface area (Å²) in [6.45, 7) is 0. The van der Waals surface area contributed by atoms with Gasteiger partial charge in [-0.1, -0.05) is 0 Å². The number of anilines is 1. The molecule has 1 aromatic carbocycles. The lowest BCUT2D eigenvalue weighted by molar-refractivity contribution is 0.102. The minimum Gasteiger partial charge on any atom is -0.497 e. The molecule has 0 aliphatic rings. The highest BCUT2D eigenvalue weighted by atomic mass is 16.5. The van der Waals surface area contributed by atoms with Crippen LogP contribution >= 0.6 is 0 Å². The summed E-state index contributed by atoms with van der Waals surface area (Å²) in [5, 5.41) is 2.65. The second kappa shape index (κ2) is 6.56. The van der Waals surface area contributed by atoms with Gasteiger partial charge in [-0.15, -0.1) is 0 Å². The van der Waals surface area contributed by atoms with Gasteiger partial charge in [-0.05, 0) is 18.2 Å². The molecule has 0 saturated heterocycles. The first-order valence-corrected chi connectivity index (χ1v) is 6.07. The van der Waals surface area contributed by atoms with Gasteiger partial charge in [0.05, 0.1) is 33.1 Å². The molecule has 1 amide bonds. The molecule has 0 atom stereocenters. The van der Waals surface area contributed by atoms with Crippen LogP contribution < -0.4 is 19.5 Å². The fourth-order valence-corrected chi connectivity index (χ4v) is 1.73. The number of ether oxygens (including phenoxy) is 3. The molecule has 0 bridgehead atoms. The Kier molecular flexibility index (Phi) is 4.55. The van der Waals surface area contributed by atoms with Gasteiger partial charge in [0.15, 0.2) is 11.6 Å². The lowest BCUT2D eigenvalue weighted by Gasteiger charge is -2.11. The van der Waals surface area contributed by atoms with Crippen molar-refractivity contribution in [2.75, 3.05) is 26.6 Å². The second-order valence-corrected chi connectivity index (χ2v) is 3.96. The third kappa shape index (κ3) is 3.19. The molecule has 1 N–H and O–H groups in total. The number of aromatic nitrogens is 2. The predicted octanol–water partition coefficient (Wildman–Crippen LogP) is 1.75. The van der Waals surface area contributed by atoms with E-state index in [0.29, 0.717) is 22.8 Å². The van der Waals surface area contributed by atoms with Crippen LogP contribution in [0.3, 0.4) is 0 Å². The Morgan fingerprint density at radius 3 is 2.52 bits per heavy atom. The largest absolute Gasteiger partial charge is 0.497 e. The van der Waals surface area contributed by atoms with Gasteiger partial charge < -0.3 is 19.5 Å². The highest BCUT2D eigenvalue weighted by molar-refractivity contribution is 6.06. The van der Waals surface area contributed by atoms with Crippen molar-refractivity contribution in [3.63, 3.8) is 0 Å². The van der Waals surface area contributed by atoms with Gasteiger partial charge >= 0.3 is 0 Å². The molecule has 7 heteroatoms. The molecule has 0 spiro atoms. The summed E-state index contributed by atoms with van der Waals surface area (Å²) in [6.07, 6.45) is 2.78. The molecule has 0 aliphatic heterocycles. The molecule has 110 valence electrons. The third-order valence-corrected chi connectivity index (χ3v) is 2.78. The smallest absolute Gasteiger partial charge is 0.260 e. The minimum absolute atomic E-state index is 0.280. The maximum Gasteiger partial charge on any atom is 0.260 e. The molecule has 0 saturated carbocycles. The van der Waals surface area contributed by atoms with Gasteiger partial charge in [0.1, 0.15) is 17.8 Å². The quantitative estimate of drug-likeness (QED) is 0.903. The van der Waals surface area contributed by atoms with Crippen molar-refractivity contribution in [1.29, 1.82) is 0 Å². The van der Waals surface area contributed by atoms with Crippen molar-refractivity contribution in [2.45, 2.75) is 0 Å². The standard InChI is InChI=1S/C14H15N3O4/c1-19-9-4-5-11(20-2)10(6-9)14(18)17-13-12(21-3)7-15-8-16-13/h4-8H,1-3H3,(H,15,16,17,18). The fourth-order valence-electron chi connectivity index (χ4n) is 1.73. The zero-order valence-corrected chi connectivity index (χ0v) is 11.9. The van der Waals surface area contributed by atoms with Crippen LogP contribution in [-0.4, -0.2) is 37.2 Å². The molecule has 21 heavy (non-hydrogen) atoms. The van der Waals surface area contributed by atoms with Gasteiger partial charge in [-0.3, -0.25) is 4.79 Å². The van der Waals surface area contributed by atoms with E-state index < -0.39 is 0 Å². The van der Waals surface area contributed by atoms with Crippen molar-refractivity contribution in [3.05, 3.63) is 36.3 Å². The number of rotatable bonds is 5. The van der Waals surface area contributed by atoms with Crippen molar-refractivity contribution in [3.8, 4) is 17.2 Å². The average Bonchev–Trinajstić information content (AvgIpc) is 2.54. The summed E-state index contributed by atoms with van der Waals surface area (Å²) < 4.78 is 15.4. The number of nitrogens with one attached hydrogen (secondary N) is 1.